The third kappa shape index (κ3) is 4.31. The summed E-state index contributed by atoms with van der Waals surface area (Å²) >= 11 is 0. The van der Waals surface area contributed by atoms with Crippen LogP contribution >= 0.6 is 0 Å². The standard InChI is InChI=1S/C13H17FO4S/c1-9(2)19(17,18)8-7-12(13(15)16)10-3-5-11(14)6-4-10/h3-6,9,12H,7-8H2,1-2H3,(H,15,16). The SMILES string of the molecule is CC(C)S(=O)(=O)CCC(C(=O)O)c1ccc(F)cc1. The van der Waals surface area contributed by atoms with Gasteiger partial charge in [-0.25, -0.2) is 12.8 Å². The Kier molecular flexibility index (Phi) is 5.05. The number of carboxylic acids is 1. The Balaban J connectivity index is 2.86. The molecule has 0 heterocycles. The van der Waals surface area contributed by atoms with E-state index in [1.54, 1.807) is 13.8 Å². The molecule has 0 amide bonds. The third-order valence-corrected chi connectivity index (χ3v) is 5.22. The second-order valence-corrected chi connectivity index (χ2v) is 7.32. The van der Waals surface area contributed by atoms with E-state index in [2.05, 4.69) is 0 Å². The predicted molar refractivity (Wildman–Crippen MR) is 70.3 cm³/mol. The van der Waals surface area contributed by atoms with Gasteiger partial charge in [-0.3, -0.25) is 4.79 Å². The molecule has 0 aromatic heterocycles. The zero-order chi connectivity index (χ0) is 14.6. The molecule has 0 spiro atoms. The molecule has 0 saturated heterocycles. The first kappa shape index (κ1) is 15.6. The quantitative estimate of drug-likeness (QED) is 0.871. The summed E-state index contributed by atoms with van der Waals surface area (Å²) in [6, 6.07) is 5.08. The fourth-order valence-electron chi connectivity index (χ4n) is 1.65. The number of carbonyl (C=O) groups is 1. The highest BCUT2D eigenvalue weighted by molar-refractivity contribution is 7.91. The van der Waals surface area contributed by atoms with Crippen LogP contribution in [-0.2, 0) is 14.6 Å². The van der Waals surface area contributed by atoms with E-state index in [4.69, 9.17) is 5.11 Å². The van der Waals surface area contributed by atoms with E-state index in [-0.39, 0.29) is 12.2 Å². The van der Waals surface area contributed by atoms with Crippen molar-refractivity contribution in [3.05, 3.63) is 35.6 Å². The second kappa shape index (κ2) is 6.14. The lowest BCUT2D eigenvalue weighted by molar-refractivity contribution is -0.138. The first-order valence-electron chi connectivity index (χ1n) is 5.94. The van der Waals surface area contributed by atoms with Crippen molar-refractivity contribution < 1.29 is 22.7 Å². The minimum Gasteiger partial charge on any atom is -0.481 e. The number of hydrogen-bond acceptors (Lipinski definition) is 3. The van der Waals surface area contributed by atoms with Gasteiger partial charge in [0.25, 0.3) is 0 Å². The van der Waals surface area contributed by atoms with Crippen molar-refractivity contribution in [3.63, 3.8) is 0 Å². The first-order chi connectivity index (χ1) is 8.74. The Morgan fingerprint density at radius 2 is 1.79 bits per heavy atom. The molecule has 0 saturated carbocycles. The fourth-order valence-corrected chi connectivity index (χ4v) is 2.68. The van der Waals surface area contributed by atoms with Crippen molar-refractivity contribution >= 4 is 15.8 Å². The fraction of sp³-hybridized carbons (Fsp3) is 0.462. The van der Waals surface area contributed by atoms with Crippen LogP contribution in [0.5, 0.6) is 0 Å². The van der Waals surface area contributed by atoms with E-state index in [1.165, 1.54) is 24.3 Å². The van der Waals surface area contributed by atoms with E-state index in [0.29, 0.717) is 5.56 Å². The van der Waals surface area contributed by atoms with Crippen LogP contribution in [0, 0.1) is 5.82 Å². The Morgan fingerprint density at radius 1 is 1.26 bits per heavy atom. The molecular weight excluding hydrogens is 271 g/mol. The highest BCUT2D eigenvalue weighted by Gasteiger charge is 2.24. The molecular formula is C13H17FO4S. The van der Waals surface area contributed by atoms with Crippen molar-refractivity contribution in [3.8, 4) is 0 Å². The number of benzene rings is 1. The molecule has 4 nitrogen and oxygen atoms in total. The summed E-state index contributed by atoms with van der Waals surface area (Å²) in [5, 5.41) is 8.61. The van der Waals surface area contributed by atoms with Gasteiger partial charge in [0.1, 0.15) is 5.82 Å². The van der Waals surface area contributed by atoms with Crippen LogP contribution in [0.1, 0.15) is 31.7 Å². The predicted octanol–water partition coefficient (Wildman–Crippen LogP) is 2.21. The number of rotatable bonds is 6. The van der Waals surface area contributed by atoms with Crippen molar-refractivity contribution in [1.29, 1.82) is 0 Å². The molecule has 1 aromatic rings. The van der Waals surface area contributed by atoms with Gasteiger partial charge in [0.2, 0.25) is 0 Å². The summed E-state index contributed by atoms with van der Waals surface area (Å²) in [5.74, 6) is -2.69. The van der Waals surface area contributed by atoms with E-state index >= 15 is 0 Å². The summed E-state index contributed by atoms with van der Waals surface area (Å²) in [5.41, 5.74) is 0.410. The molecule has 6 heteroatoms. The summed E-state index contributed by atoms with van der Waals surface area (Å²) < 4.78 is 36.2. The monoisotopic (exact) mass is 288 g/mol. The minimum absolute atomic E-state index is 0.0124. The summed E-state index contributed by atoms with van der Waals surface area (Å²) in [7, 11) is -3.28. The van der Waals surface area contributed by atoms with Gasteiger partial charge in [0.15, 0.2) is 9.84 Å². The molecule has 0 fully saturated rings. The Labute approximate surface area is 112 Å². The van der Waals surface area contributed by atoms with E-state index < -0.39 is 32.8 Å². The zero-order valence-electron chi connectivity index (χ0n) is 10.8. The van der Waals surface area contributed by atoms with Gasteiger partial charge >= 0.3 is 5.97 Å². The molecule has 0 bridgehead atoms. The summed E-state index contributed by atoms with van der Waals surface area (Å²) in [6.45, 7) is 3.12. The van der Waals surface area contributed by atoms with Gasteiger partial charge in [-0.05, 0) is 38.0 Å². The molecule has 0 aliphatic carbocycles. The van der Waals surface area contributed by atoms with Gasteiger partial charge in [0.05, 0.1) is 16.9 Å². The largest absolute Gasteiger partial charge is 0.481 e. The van der Waals surface area contributed by atoms with Gasteiger partial charge in [-0.1, -0.05) is 12.1 Å². The maximum atomic E-state index is 12.8. The molecule has 0 radical (unpaired) electrons. The topological polar surface area (TPSA) is 71.4 Å². The van der Waals surface area contributed by atoms with Gasteiger partial charge < -0.3 is 5.11 Å². The van der Waals surface area contributed by atoms with E-state index in [0.717, 1.165) is 0 Å². The molecule has 106 valence electrons. The molecule has 19 heavy (non-hydrogen) atoms. The first-order valence-corrected chi connectivity index (χ1v) is 7.65. The number of hydrogen-bond donors (Lipinski definition) is 1. The number of carboxylic acid groups (broad SMARTS) is 1. The smallest absolute Gasteiger partial charge is 0.311 e. The summed E-state index contributed by atoms with van der Waals surface area (Å²) in [6.07, 6.45) is -0.0124. The number of sulfone groups is 1. The van der Waals surface area contributed by atoms with Crippen molar-refractivity contribution in [2.24, 2.45) is 0 Å². The molecule has 1 N–H and O–H groups in total. The summed E-state index contributed by atoms with van der Waals surface area (Å²) in [4.78, 5) is 11.2. The van der Waals surface area contributed by atoms with Crippen LogP contribution < -0.4 is 0 Å². The normalized spacial score (nSPS) is 13.5. The maximum absolute atomic E-state index is 12.8. The average Bonchev–Trinajstić information content (AvgIpc) is 2.31. The highest BCUT2D eigenvalue weighted by Crippen LogP contribution is 2.22. The molecule has 0 aliphatic rings. The maximum Gasteiger partial charge on any atom is 0.311 e. The Bertz CT molecular complexity index is 534. The third-order valence-electron chi connectivity index (χ3n) is 2.98. The lowest BCUT2D eigenvalue weighted by atomic mass is 9.97. The van der Waals surface area contributed by atoms with Crippen LogP contribution in [-0.4, -0.2) is 30.5 Å². The van der Waals surface area contributed by atoms with Crippen LogP contribution in [0.3, 0.4) is 0 Å². The Hall–Kier alpha value is -1.43. The van der Waals surface area contributed by atoms with E-state index in [1.807, 2.05) is 0 Å². The van der Waals surface area contributed by atoms with Crippen LogP contribution in [0.25, 0.3) is 0 Å². The highest BCUT2D eigenvalue weighted by atomic mass is 32.2. The molecule has 1 unspecified atom stereocenters. The van der Waals surface area contributed by atoms with E-state index in [9.17, 15) is 17.6 Å². The second-order valence-electron chi connectivity index (χ2n) is 4.65. The lowest BCUT2D eigenvalue weighted by Gasteiger charge is -2.14. The van der Waals surface area contributed by atoms with Gasteiger partial charge in [-0.15, -0.1) is 0 Å². The molecule has 1 atom stereocenters. The molecule has 1 aromatic carbocycles. The van der Waals surface area contributed by atoms with Crippen LogP contribution in [0.4, 0.5) is 4.39 Å². The average molecular weight is 288 g/mol. The van der Waals surface area contributed by atoms with Crippen molar-refractivity contribution in [2.45, 2.75) is 31.4 Å². The van der Waals surface area contributed by atoms with Gasteiger partial charge in [-0.2, -0.15) is 0 Å². The van der Waals surface area contributed by atoms with Crippen LogP contribution in [0.2, 0.25) is 0 Å². The minimum atomic E-state index is -3.28. The van der Waals surface area contributed by atoms with Crippen LogP contribution in [0.15, 0.2) is 24.3 Å². The molecule has 1 rings (SSSR count). The molecule has 0 aliphatic heterocycles. The zero-order valence-corrected chi connectivity index (χ0v) is 11.7. The Morgan fingerprint density at radius 3 is 2.21 bits per heavy atom. The van der Waals surface area contributed by atoms with Gasteiger partial charge in [0, 0.05) is 0 Å². The lowest BCUT2D eigenvalue weighted by Crippen LogP contribution is -2.22. The number of halogens is 1. The number of aliphatic carboxylic acids is 1. The van der Waals surface area contributed by atoms with Crippen molar-refractivity contribution in [2.75, 3.05) is 5.75 Å². The van der Waals surface area contributed by atoms with Crippen molar-refractivity contribution in [1.82, 2.24) is 0 Å².